The van der Waals surface area contributed by atoms with E-state index in [4.69, 9.17) is 5.11 Å². The molecule has 4 nitrogen and oxygen atoms in total. The van der Waals surface area contributed by atoms with Gasteiger partial charge in [-0.2, -0.15) is 0 Å². The van der Waals surface area contributed by atoms with E-state index in [2.05, 4.69) is 12.2 Å². The van der Waals surface area contributed by atoms with E-state index in [1.54, 1.807) is 0 Å². The Labute approximate surface area is 135 Å². The maximum Gasteiger partial charge on any atom is 0.328 e. The van der Waals surface area contributed by atoms with Crippen LogP contribution in [-0.4, -0.2) is 17.0 Å². The number of benzene rings is 2. The highest BCUT2D eigenvalue weighted by Crippen LogP contribution is 2.27. The molecule has 0 saturated carbocycles. The molecule has 23 heavy (non-hydrogen) atoms. The lowest BCUT2D eigenvalue weighted by molar-refractivity contribution is -0.131. The standard InChI is InChI=1S/C19H21NO3/c1-2-3-11-17(20-18(21)12-13-19(22)23)16-10-6-8-14-7-4-5-9-15(14)16/h4-10,12-13,17H,2-3,11H2,1H3,(H,20,21)(H,22,23)/b13-12-. The quantitative estimate of drug-likeness (QED) is 0.764. The molecule has 0 fully saturated rings. The van der Waals surface area contributed by atoms with Crippen molar-refractivity contribution in [1.29, 1.82) is 0 Å². The molecule has 2 rings (SSSR count). The van der Waals surface area contributed by atoms with Crippen molar-refractivity contribution in [2.24, 2.45) is 0 Å². The van der Waals surface area contributed by atoms with Gasteiger partial charge >= 0.3 is 5.97 Å². The van der Waals surface area contributed by atoms with Gasteiger partial charge < -0.3 is 10.4 Å². The minimum atomic E-state index is -1.13. The van der Waals surface area contributed by atoms with E-state index in [0.29, 0.717) is 0 Å². The zero-order valence-electron chi connectivity index (χ0n) is 13.2. The number of unbranched alkanes of at least 4 members (excludes halogenated alkanes) is 1. The Bertz CT molecular complexity index is 716. The molecule has 0 bridgehead atoms. The summed E-state index contributed by atoms with van der Waals surface area (Å²) in [7, 11) is 0. The smallest absolute Gasteiger partial charge is 0.328 e. The number of carbonyl (C=O) groups excluding carboxylic acids is 1. The second-order valence-electron chi connectivity index (χ2n) is 5.44. The van der Waals surface area contributed by atoms with Crippen molar-refractivity contribution in [2.45, 2.75) is 32.2 Å². The molecule has 120 valence electrons. The zero-order valence-corrected chi connectivity index (χ0v) is 13.2. The molecule has 0 aromatic heterocycles. The van der Waals surface area contributed by atoms with Crippen LogP contribution in [0.4, 0.5) is 0 Å². The number of amides is 1. The number of carbonyl (C=O) groups is 2. The third-order valence-electron chi connectivity index (χ3n) is 3.74. The predicted molar refractivity (Wildman–Crippen MR) is 91.1 cm³/mol. The maximum atomic E-state index is 12.0. The van der Waals surface area contributed by atoms with Crippen LogP contribution in [0.3, 0.4) is 0 Å². The molecule has 2 aromatic rings. The first kappa shape index (κ1) is 16.7. The Morgan fingerprint density at radius 3 is 2.61 bits per heavy atom. The minimum absolute atomic E-state index is 0.132. The Kier molecular flexibility index (Phi) is 5.92. The number of fused-ring (bicyclic) bond motifs is 1. The Morgan fingerprint density at radius 2 is 1.87 bits per heavy atom. The van der Waals surface area contributed by atoms with E-state index in [1.165, 1.54) is 0 Å². The summed E-state index contributed by atoms with van der Waals surface area (Å²) in [6, 6.07) is 14.0. The van der Waals surface area contributed by atoms with Gasteiger partial charge in [0.05, 0.1) is 6.04 Å². The van der Waals surface area contributed by atoms with Crippen LogP contribution in [0.15, 0.2) is 54.6 Å². The highest BCUT2D eigenvalue weighted by molar-refractivity contribution is 5.94. The third kappa shape index (κ3) is 4.68. The molecule has 0 aliphatic rings. The normalized spacial score (nSPS) is 12.4. The van der Waals surface area contributed by atoms with Crippen molar-refractivity contribution in [2.75, 3.05) is 0 Å². The summed E-state index contributed by atoms with van der Waals surface area (Å²) >= 11 is 0. The van der Waals surface area contributed by atoms with Crippen LogP contribution in [0.5, 0.6) is 0 Å². The second-order valence-corrected chi connectivity index (χ2v) is 5.44. The van der Waals surface area contributed by atoms with E-state index in [0.717, 1.165) is 47.8 Å². The molecule has 4 heteroatoms. The van der Waals surface area contributed by atoms with Gasteiger partial charge in [-0.1, -0.05) is 62.2 Å². The SMILES string of the molecule is CCCCC(NC(=O)/C=C\C(=O)O)c1cccc2ccccc12. The summed E-state index contributed by atoms with van der Waals surface area (Å²) < 4.78 is 0. The fraction of sp³-hybridized carbons (Fsp3) is 0.263. The number of aliphatic carboxylic acids is 1. The summed E-state index contributed by atoms with van der Waals surface area (Å²) in [4.78, 5) is 22.5. The lowest BCUT2D eigenvalue weighted by atomic mass is 9.95. The molecule has 0 saturated heterocycles. The average molecular weight is 311 g/mol. The minimum Gasteiger partial charge on any atom is -0.478 e. The Balaban J connectivity index is 2.29. The molecule has 2 N–H and O–H groups in total. The molecule has 0 radical (unpaired) electrons. The van der Waals surface area contributed by atoms with E-state index in [9.17, 15) is 9.59 Å². The number of hydrogen-bond acceptors (Lipinski definition) is 2. The van der Waals surface area contributed by atoms with Gasteiger partial charge in [0.25, 0.3) is 0 Å². The van der Waals surface area contributed by atoms with E-state index < -0.39 is 5.97 Å². The van der Waals surface area contributed by atoms with Crippen LogP contribution in [0.25, 0.3) is 10.8 Å². The van der Waals surface area contributed by atoms with Gasteiger partial charge in [-0.25, -0.2) is 4.79 Å². The van der Waals surface area contributed by atoms with Crippen molar-refractivity contribution >= 4 is 22.6 Å². The van der Waals surface area contributed by atoms with Crippen LogP contribution in [0, 0.1) is 0 Å². The number of carboxylic acid groups (broad SMARTS) is 1. The van der Waals surface area contributed by atoms with E-state index in [-0.39, 0.29) is 11.9 Å². The first-order chi connectivity index (χ1) is 11.1. The molecular weight excluding hydrogens is 290 g/mol. The first-order valence-corrected chi connectivity index (χ1v) is 7.81. The zero-order chi connectivity index (χ0) is 16.7. The molecule has 1 atom stereocenters. The van der Waals surface area contributed by atoms with Crippen LogP contribution < -0.4 is 5.32 Å². The van der Waals surface area contributed by atoms with Crippen molar-refractivity contribution < 1.29 is 14.7 Å². The number of carboxylic acids is 1. The van der Waals surface area contributed by atoms with Crippen LogP contribution in [-0.2, 0) is 9.59 Å². The highest BCUT2D eigenvalue weighted by Gasteiger charge is 2.15. The third-order valence-corrected chi connectivity index (χ3v) is 3.74. The lowest BCUT2D eigenvalue weighted by Gasteiger charge is -2.20. The predicted octanol–water partition coefficient (Wildman–Crippen LogP) is 3.83. The first-order valence-electron chi connectivity index (χ1n) is 7.81. The van der Waals surface area contributed by atoms with Gasteiger partial charge in [0.1, 0.15) is 0 Å². The van der Waals surface area contributed by atoms with Crippen molar-refractivity contribution in [3.05, 3.63) is 60.2 Å². The van der Waals surface area contributed by atoms with Gasteiger partial charge in [0, 0.05) is 12.2 Å². The highest BCUT2D eigenvalue weighted by atomic mass is 16.4. The Hall–Kier alpha value is -2.62. The lowest BCUT2D eigenvalue weighted by Crippen LogP contribution is -2.27. The molecule has 0 aliphatic heterocycles. The molecule has 1 unspecified atom stereocenters. The average Bonchev–Trinajstić information content (AvgIpc) is 2.56. The molecule has 0 heterocycles. The Morgan fingerprint density at radius 1 is 1.13 bits per heavy atom. The topological polar surface area (TPSA) is 66.4 Å². The molecular formula is C19H21NO3. The molecule has 1 amide bonds. The van der Waals surface area contributed by atoms with Gasteiger partial charge in [0.2, 0.25) is 5.91 Å². The molecule has 0 aliphatic carbocycles. The van der Waals surface area contributed by atoms with Gasteiger partial charge in [0.15, 0.2) is 0 Å². The van der Waals surface area contributed by atoms with Crippen molar-refractivity contribution in [3.8, 4) is 0 Å². The maximum absolute atomic E-state index is 12.0. The van der Waals surface area contributed by atoms with Gasteiger partial charge in [-0.05, 0) is 22.8 Å². The summed E-state index contributed by atoms with van der Waals surface area (Å²) in [6.45, 7) is 2.10. The number of hydrogen-bond donors (Lipinski definition) is 2. The second kappa shape index (κ2) is 8.13. The largest absolute Gasteiger partial charge is 0.478 e. The van der Waals surface area contributed by atoms with Gasteiger partial charge in [-0.15, -0.1) is 0 Å². The summed E-state index contributed by atoms with van der Waals surface area (Å²) in [5.74, 6) is -1.52. The summed E-state index contributed by atoms with van der Waals surface area (Å²) in [5, 5.41) is 13.8. The van der Waals surface area contributed by atoms with E-state index in [1.807, 2.05) is 42.5 Å². The summed E-state index contributed by atoms with van der Waals surface area (Å²) in [5.41, 5.74) is 1.06. The van der Waals surface area contributed by atoms with Crippen molar-refractivity contribution in [3.63, 3.8) is 0 Å². The number of rotatable bonds is 7. The fourth-order valence-corrected chi connectivity index (χ4v) is 2.63. The molecule has 2 aromatic carbocycles. The molecule has 0 spiro atoms. The van der Waals surface area contributed by atoms with Crippen LogP contribution in [0.1, 0.15) is 37.8 Å². The number of nitrogens with one attached hydrogen (secondary N) is 1. The fourth-order valence-electron chi connectivity index (χ4n) is 2.63. The van der Waals surface area contributed by atoms with E-state index >= 15 is 0 Å². The van der Waals surface area contributed by atoms with Gasteiger partial charge in [-0.3, -0.25) is 4.79 Å². The monoisotopic (exact) mass is 311 g/mol. The summed E-state index contributed by atoms with van der Waals surface area (Å²) in [6.07, 6.45) is 4.75. The van der Waals surface area contributed by atoms with Crippen molar-refractivity contribution in [1.82, 2.24) is 5.32 Å². The van der Waals surface area contributed by atoms with Crippen LogP contribution in [0.2, 0.25) is 0 Å². The van der Waals surface area contributed by atoms with Crippen LogP contribution >= 0.6 is 0 Å².